The first-order chi connectivity index (χ1) is 10.1. The van der Waals surface area contributed by atoms with E-state index in [1.54, 1.807) is 0 Å². The SMILES string of the molecule is O=C(O)CCc1ccccc1CC1COCOC1C(=O)O. The van der Waals surface area contributed by atoms with Crippen LogP contribution in [0.4, 0.5) is 0 Å². The summed E-state index contributed by atoms with van der Waals surface area (Å²) < 4.78 is 10.3. The van der Waals surface area contributed by atoms with E-state index in [2.05, 4.69) is 0 Å². The summed E-state index contributed by atoms with van der Waals surface area (Å²) in [6, 6.07) is 7.48. The van der Waals surface area contributed by atoms with Gasteiger partial charge in [0.2, 0.25) is 0 Å². The molecule has 2 N–H and O–H groups in total. The molecule has 6 heteroatoms. The monoisotopic (exact) mass is 294 g/mol. The van der Waals surface area contributed by atoms with E-state index >= 15 is 0 Å². The zero-order chi connectivity index (χ0) is 15.2. The smallest absolute Gasteiger partial charge is 0.333 e. The number of carboxylic acids is 2. The molecule has 2 atom stereocenters. The van der Waals surface area contributed by atoms with E-state index in [-0.39, 0.29) is 19.1 Å². The Bertz CT molecular complexity index is 513. The van der Waals surface area contributed by atoms with Crippen molar-refractivity contribution >= 4 is 11.9 Å². The quantitative estimate of drug-likeness (QED) is 0.822. The van der Waals surface area contributed by atoms with E-state index in [1.807, 2.05) is 24.3 Å². The van der Waals surface area contributed by atoms with Crippen LogP contribution in [-0.2, 0) is 31.9 Å². The van der Waals surface area contributed by atoms with Crippen LogP contribution in [0.25, 0.3) is 0 Å². The number of ether oxygens (including phenoxy) is 2. The third-order valence-corrected chi connectivity index (χ3v) is 3.54. The standard InChI is InChI=1S/C15H18O6/c16-13(17)6-5-10-3-1-2-4-11(10)7-12-8-20-9-21-14(12)15(18)19/h1-4,12,14H,5-9H2,(H,16,17)(H,18,19). The van der Waals surface area contributed by atoms with Gasteiger partial charge >= 0.3 is 11.9 Å². The van der Waals surface area contributed by atoms with Gasteiger partial charge in [0, 0.05) is 12.3 Å². The Balaban J connectivity index is 2.10. The predicted octanol–water partition coefficient (Wildman–Crippen LogP) is 1.32. The van der Waals surface area contributed by atoms with E-state index in [9.17, 15) is 14.7 Å². The first-order valence-electron chi connectivity index (χ1n) is 6.78. The van der Waals surface area contributed by atoms with Crippen LogP contribution in [0.15, 0.2) is 24.3 Å². The van der Waals surface area contributed by atoms with Crippen molar-refractivity contribution in [2.24, 2.45) is 5.92 Å². The fourth-order valence-electron chi connectivity index (χ4n) is 2.51. The normalized spacial score (nSPS) is 21.9. The molecule has 1 saturated heterocycles. The van der Waals surface area contributed by atoms with E-state index < -0.39 is 18.0 Å². The first kappa shape index (κ1) is 15.5. The van der Waals surface area contributed by atoms with E-state index in [0.29, 0.717) is 19.4 Å². The Kier molecular flexibility index (Phi) is 5.30. The molecule has 0 aliphatic carbocycles. The van der Waals surface area contributed by atoms with Gasteiger partial charge in [0.15, 0.2) is 6.10 Å². The molecule has 0 bridgehead atoms. The summed E-state index contributed by atoms with van der Waals surface area (Å²) in [5.41, 5.74) is 1.87. The second-order valence-corrected chi connectivity index (χ2v) is 5.04. The first-order valence-corrected chi connectivity index (χ1v) is 6.78. The molecule has 1 aromatic carbocycles. The van der Waals surface area contributed by atoms with Crippen LogP contribution in [0.3, 0.4) is 0 Å². The van der Waals surface area contributed by atoms with Gasteiger partial charge in [0.25, 0.3) is 0 Å². The lowest BCUT2D eigenvalue weighted by atomic mass is 9.90. The third kappa shape index (κ3) is 4.27. The molecule has 1 aliphatic rings. The zero-order valence-electron chi connectivity index (χ0n) is 11.5. The average molecular weight is 294 g/mol. The summed E-state index contributed by atoms with van der Waals surface area (Å²) >= 11 is 0. The Hall–Kier alpha value is -1.92. The van der Waals surface area contributed by atoms with E-state index in [0.717, 1.165) is 11.1 Å². The van der Waals surface area contributed by atoms with E-state index in [1.165, 1.54) is 0 Å². The summed E-state index contributed by atoms with van der Waals surface area (Å²) in [5, 5.41) is 18.0. The highest BCUT2D eigenvalue weighted by Gasteiger charge is 2.33. The van der Waals surface area contributed by atoms with Crippen LogP contribution in [-0.4, -0.2) is 41.7 Å². The lowest BCUT2D eigenvalue weighted by molar-refractivity contribution is -0.193. The minimum Gasteiger partial charge on any atom is -0.481 e. The maximum Gasteiger partial charge on any atom is 0.333 e. The molecular weight excluding hydrogens is 276 g/mol. The molecule has 0 radical (unpaired) electrons. The van der Waals surface area contributed by atoms with Crippen molar-refractivity contribution < 1.29 is 29.3 Å². The molecule has 114 valence electrons. The fourth-order valence-corrected chi connectivity index (χ4v) is 2.51. The van der Waals surface area contributed by atoms with Crippen molar-refractivity contribution in [2.45, 2.75) is 25.4 Å². The number of carboxylic acid groups (broad SMARTS) is 2. The lowest BCUT2D eigenvalue weighted by Gasteiger charge is -2.29. The van der Waals surface area contributed by atoms with E-state index in [4.69, 9.17) is 14.6 Å². The van der Waals surface area contributed by atoms with Crippen LogP contribution in [0, 0.1) is 5.92 Å². The fraction of sp³-hybridized carbons (Fsp3) is 0.467. The molecule has 6 nitrogen and oxygen atoms in total. The summed E-state index contributed by atoms with van der Waals surface area (Å²) in [7, 11) is 0. The minimum absolute atomic E-state index is 0.00583. The maximum absolute atomic E-state index is 11.2. The Labute approximate surface area is 122 Å². The van der Waals surface area contributed by atoms with Crippen molar-refractivity contribution in [1.29, 1.82) is 0 Å². The van der Waals surface area contributed by atoms with Gasteiger partial charge in [0.05, 0.1) is 6.61 Å². The van der Waals surface area contributed by atoms with Crippen molar-refractivity contribution in [1.82, 2.24) is 0 Å². The summed E-state index contributed by atoms with van der Waals surface area (Å²) in [4.78, 5) is 21.9. The highest BCUT2D eigenvalue weighted by Crippen LogP contribution is 2.22. The topological polar surface area (TPSA) is 93.1 Å². The van der Waals surface area contributed by atoms with Crippen molar-refractivity contribution in [3.8, 4) is 0 Å². The van der Waals surface area contributed by atoms with Crippen LogP contribution < -0.4 is 0 Å². The molecule has 1 aliphatic heterocycles. The van der Waals surface area contributed by atoms with Crippen molar-refractivity contribution in [2.75, 3.05) is 13.4 Å². The molecule has 2 unspecified atom stereocenters. The van der Waals surface area contributed by atoms with Gasteiger partial charge in [-0.2, -0.15) is 0 Å². The predicted molar refractivity (Wildman–Crippen MR) is 72.9 cm³/mol. The molecule has 21 heavy (non-hydrogen) atoms. The summed E-state index contributed by atoms with van der Waals surface area (Å²) in [5.74, 6) is -2.12. The van der Waals surface area contributed by atoms with Crippen LogP contribution in [0.5, 0.6) is 0 Å². The second kappa shape index (κ2) is 7.19. The minimum atomic E-state index is -0.994. The van der Waals surface area contributed by atoms with Gasteiger partial charge < -0.3 is 19.7 Å². The van der Waals surface area contributed by atoms with Gasteiger partial charge in [-0.05, 0) is 24.0 Å². The van der Waals surface area contributed by atoms with Crippen molar-refractivity contribution in [3.05, 3.63) is 35.4 Å². The van der Waals surface area contributed by atoms with Gasteiger partial charge in [0.1, 0.15) is 6.79 Å². The van der Waals surface area contributed by atoms with Gasteiger partial charge in [-0.3, -0.25) is 4.79 Å². The molecule has 0 spiro atoms. The number of rotatable bonds is 6. The summed E-state index contributed by atoms with van der Waals surface area (Å²) in [6.07, 6.45) is 0.0906. The molecule has 1 aromatic rings. The molecule has 0 amide bonds. The number of hydrogen-bond acceptors (Lipinski definition) is 4. The number of hydrogen-bond donors (Lipinski definition) is 2. The molecule has 0 saturated carbocycles. The number of aryl methyl sites for hydroxylation is 1. The highest BCUT2D eigenvalue weighted by molar-refractivity contribution is 5.73. The number of carbonyl (C=O) groups is 2. The molecule has 1 heterocycles. The Morgan fingerprint density at radius 3 is 2.57 bits per heavy atom. The molecule has 1 fully saturated rings. The van der Waals surface area contributed by atoms with Gasteiger partial charge in [-0.1, -0.05) is 24.3 Å². The third-order valence-electron chi connectivity index (χ3n) is 3.54. The zero-order valence-corrected chi connectivity index (χ0v) is 11.5. The van der Waals surface area contributed by atoms with Crippen LogP contribution in [0.2, 0.25) is 0 Å². The molecular formula is C15H18O6. The maximum atomic E-state index is 11.2. The Morgan fingerprint density at radius 2 is 1.90 bits per heavy atom. The second-order valence-electron chi connectivity index (χ2n) is 5.04. The summed E-state index contributed by atoms with van der Waals surface area (Å²) in [6.45, 7) is 0.318. The van der Waals surface area contributed by atoms with Crippen molar-refractivity contribution in [3.63, 3.8) is 0 Å². The largest absolute Gasteiger partial charge is 0.481 e. The number of benzene rings is 1. The highest BCUT2D eigenvalue weighted by atomic mass is 16.7. The van der Waals surface area contributed by atoms with Gasteiger partial charge in [-0.25, -0.2) is 4.79 Å². The molecule has 0 aromatic heterocycles. The Morgan fingerprint density at radius 1 is 1.19 bits per heavy atom. The van der Waals surface area contributed by atoms with Crippen LogP contribution in [0.1, 0.15) is 17.5 Å². The van der Waals surface area contributed by atoms with Gasteiger partial charge in [-0.15, -0.1) is 0 Å². The number of aliphatic carboxylic acids is 2. The molecule has 2 rings (SSSR count). The lowest BCUT2D eigenvalue weighted by Crippen LogP contribution is -2.41. The average Bonchev–Trinajstić information content (AvgIpc) is 2.46. The van der Waals surface area contributed by atoms with Crippen LogP contribution >= 0.6 is 0 Å².